The van der Waals surface area contributed by atoms with Crippen molar-refractivity contribution in [3.8, 4) is 11.8 Å². The van der Waals surface area contributed by atoms with E-state index >= 15 is 0 Å². The minimum atomic E-state index is -0.0377. The third kappa shape index (κ3) is 2.33. The molecule has 0 aliphatic carbocycles. The van der Waals surface area contributed by atoms with E-state index in [0.29, 0.717) is 11.7 Å². The molecule has 0 unspecified atom stereocenters. The molecule has 94 valence electrons. The van der Waals surface area contributed by atoms with Crippen LogP contribution in [-0.4, -0.2) is 7.11 Å². The van der Waals surface area contributed by atoms with Crippen molar-refractivity contribution in [2.24, 2.45) is 5.92 Å². The second-order valence-corrected chi connectivity index (χ2v) is 4.64. The molecule has 0 saturated heterocycles. The largest absolute Gasteiger partial charge is 0.497 e. The molecule has 0 bridgehead atoms. The first kappa shape index (κ1) is 12.5. The highest BCUT2D eigenvalue weighted by Gasteiger charge is 2.26. The Bertz CT molecular complexity index is 496. The van der Waals surface area contributed by atoms with Gasteiger partial charge in [0, 0.05) is 0 Å². The molecule has 2 rings (SSSR count). The van der Waals surface area contributed by atoms with Gasteiger partial charge in [-0.05, 0) is 42.5 Å². The first-order valence-corrected chi connectivity index (χ1v) is 6.07. The highest BCUT2D eigenvalue weighted by Crippen LogP contribution is 2.37. The van der Waals surface area contributed by atoms with E-state index in [9.17, 15) is 0 Å². The van der Waals surface area contributed by atoms with Crippen molar-refractivity contribution < 1.29 is 9.47 Å². The summed E-state index contributed by atoms with van der Waals surface area (Å²) in [6.07, 6.45) is 0.868. The van der Waals surface area contributed by atoms with E-state index in [1.807, 2.05) is 31.2 Å². The van der Waals surface area contributed by atoms with Gasteiger partial charge in [0.2, 0.25) is 0 Å². The van der Waals surface area contributed by atoms with Crippen molar-refractivity contribution in [3.63, 3.8) is 0 Å². The van der Waals surface area contributed by atoms with E-state index in [2.05, 4.69) is 13.0 Å². The highest BCUT2D eigenvalue weighted by atomic mass is 16.5. The topological polar surface area (TPSA) is 42.2 Å². The number of hydrogen-bond acceptors (Lipinski definition) is 3. The fourth-order valence-electron chi connectivity index (χ4n) is 2.14. The number of allylic oxidation sites excluding steroid dienone is 2. The molecular formula is C15H17NO2. The van der Waals surface area contributed by atoms with Crippen LogP contribution in [0.1, 0.15) is 31.9 Å². The number of methoxy groups -OCH3 is 1. The first-order valence-electron chi connectivity index (χ1n) is 6.07. The molecule has 0 amide bonds. The molecule has 1 aliphatic rings. The van der Waals surface area contributed by atoms with Crippen molar-refractivity contribution in [3.05, 3.63) is 41.2 Å². The van der Waals surface area contributed by atoms with E-state index in [1.54, 1.807) is 7.11 Å². The number of hydrogen-bond donors (Lipinski definition) is 0. The van der Waals surface area contributed by atoms with E-state index in [-0.39, 0.29) is 6.10 Å². The standard InChI is InChI=1S/C15H17NO2/c1-10-8-14(18-15(9-16)11(10)2)12-4-6-13(17-3)7-5-12/h4-7,10,14H,8H2,1-3H3/t10-,14-/m1/s1. The fraction of sp³-hybridized carbons (Fsp3) is 0.400. The SMILES string of the molecule is COc1ccc([C@H]2C[C@@H](C)C(C)=C(C#N)O2)cc1. The summed E-state index contributed by atoms with van der Waals surface area (Å²) >= 11 is 0. The number of nitrogens with zero attached hydrogens (tertiary/aromatic N) is 1. The molecular weight excluding hydrogens is 226 g/mol. The maximum Gasteiger partial charge on any atom is 0.196 e. The summed E-state index contributed by atoms with van der Waals surface area (Å²) < 4.78 is 10.9. The summed E-state index contributed by atoms with van der Waals surface area (Å²) in [5.74, 6) is 1.67. The molecule has 0 N–H and O–H groups in total. The lowest BCUT2D eigenvalue weighted by Crippen LogP contribution is -2.17. The Morgan fingerprint density at radius 1 is 1.33 bits per heavy atom. The molecule has 18 heavy (non-hydrogen) atoms. The van der Waals surface area contributed by atoms with Gasteiger partial charge < -0.3 is 9.47 Å². The van der Waals surface area contributed by atoms with Gasteiger partial charge in [-0.2, -0.15) is 5.26 Å². The zero-order chi connectivity index (χ0) is 13.1. The molecule has 2 atom stereocenters. The van der Waals surface area contributed by atoms with Gasteiger partial charge in [-0.3, -0.25) is 0 Å². The summed E-state index contributed by atoms with van der Waals surface area (Å²) in [6, 6.07) is 9.96. The predicted molar refractivity (Wildman–Crippen MR) is 68.9 cm³/mol. The van der Waals surface area contributed by atoms with Gasteiger partial charge >= 0.3 is 0 Å². The lowest BCUT2D eigenvalue weighted by atomic mass is 9.89. The van der Waals surface area contributed by atoms with E-state index in [0.717, 1.165) is 23.3 Å². The minimum absolute atomic E-state index is 0.0377. The minimum Gasteiger partial charge on any atom is -0.497 e. The molecule has 0 aromatic heterocycles. The van der Waals surface area contributed by atoms with E-state index in [4.69, 9.17) is 14.7 Å². The smallest absolute Gasteiger partial charge is 0.196 e. The van der Waals surface area contributed by atoms with Crippen molar-refractivity contribution in [2.45, 2.75) is 26.4 Å². The maximum absolute atomic E-state index is 9.07. The molecule has 1 aromatic carbocycles. The van der Waals surface area contributed by atoms with Gasteiger partial charge in [-0.25, -0.2) is 0 Å². The lowest BCUT2D eigenvalue weighted by molar-refractivity contribution is 0.0861. The second kappa shape index (κ2) is 5.14. The highest BCUT2D eigenvalue weighted by molar-refractivity contribution is 5.31. The van der Waals surface area contributed by atoms with Crippen molar-refractivity contribution in [2.75, 3.05) is 7.11 Å². The van der Waals surface area contributed by atoms with Crippen LogP contribution in [-0.2, 0) is 4.74 Å². The molecule has 0 fully saturated rings. The molecule has 3 nitrogen and oxygen atoms in total. The maximum atomic E-state index is 9.07. The van der Waals surface area contributed by atoms with Crippen LogP contribution in [0.5, 0.6) is 5.75 Å². The van der Waals surface area contributed by atoms with Crippen LogP contribution >= 0.6 is 0 Å². The van der Waals surface area contributed by atoms with Gasteiger partial charge in [0.25, 0.3) is 0 Å². The molecule has 1 aliphatic heterocycles. The third-order valence-corrected chi connectivity index (χ3v) is 3.51. The van der Waals surface area contributed by atoms with Crippen molar-refractivity contribution >= 4 is 0 Å². The fourth-order valence-corrected chi connectivity index (χ4v) is 2.14. The van der Waals surface area contributed by atoms with Gasteiger partial charge in [-0.15, -0.1) is 0 Å². The zero-order valence-corrected chi connectivity index (χ0v) is 10.9. The van der Waals surface area contributed by atoms with Crippen molar-refractivity contribution in [1.82, 2.24) is 0 Å². The van der Waals surface area contributed by atoms with Crippen LogP contribution in [0.2, 0.25) is 0 Å². The molecule has 0 radical (unpaired) electrons. The molecule has 1 heterocycles. The molecule has 0 spiro atoms. The van der Waals surface area contributed by atoms with E-state index < -0.39 is 0 Å². The Labute approximate surface area is 108 Å². The normalized spacial score (nSPS) is 23.2. The number of rotatable bonds is 2. The summed E-state index contributed by atoms with van der Waals surface area (Å²) in [4.78, 5) is 0. The third-order valence-electron chi connectivity index (χ3n) is 3.51. The average Bonchev–Trinajstić information content (AvgIpc) is 2.42. The van der Waals surface area contributed by atoms with Crippen LogP contribution in [0.15, 0.2) is 35.6 Å². The molecule has 3 heteroatoms. The second-order valence-electron chi connectivity index (χ2n) is 4.64. The Hall–Kier alpha value is -1.95. The van der Waals surface area contributed by atoms with Crippen LogP contribution in [0, 0.1) is 17.2 Å². The summed E-state index contributed by atoms with van der Waals surface area (Å²) in [7, 11) is 1.65. The molecule has 1 aromatic rings. The van der Waals surface area contributed by atoms with Gasteiger partial charge in [0.1, 0.15) is 17.9 Å². The number of nitriles is 1. The predicted octanol–water partition coefficient (Wildman–Crippen LogP) is 3.59. The lowest BCUT2D eigenvalue weighted by Gasteiger charge is -2.29. The Kier molecular flexibility index (Phi) is 3.57. The number of benzene rings is 1. The Balaban J connectivity index is 2.23. The summed E-state index contributed by atoms with van der Waals surface area (Å²) in [5, 5.41) is 9.07. The number of ether oxygens (including phenoxy) is 2. The Morgan fingerprint density at radius 2 is 2.00 bits per heavy atom. The summed E-state index contributed by atoms with van der Waals surface area (Å²) in [6.45, 7) is 4.10. The van der Waals surface area contributed by atoms with Crippen LogP contribution in [0.3, 0.4) is 0 Å². The zero-order valence-electron chi connectivity index (χ0n) is 10.9. The average molecular weight is 243 g/mol. The van der Waals surface area contributed by atoms with Crippen LogP contribution in [0.25, 0.3) is 0 Å². The van der Waals surface area contributed by atoms with Gasteiger partial charge in [0.15, 0.2) is 5.76 Å². The van der Waals surface area contributed by atoms with Crippen molar-refractivity contribution in [1.29, 1.82) is 5.26 Å². The monoisotopic (exact) mass is 243 g/mol. The molecule has 0 saturated carbocycles. The Morgan fingerprint density at radius 3 is 2.56 bits per heavy atom. The van der Waals surface area contributed by atoms with Gasteiger partial charge in [-0.1, -0.05) is 19.1 Å². The van der Waals surface area contributed by atoms with Crippen LogP contribution < -0.4 is 4.74 Å². The summed E-state index contributed by atoms with van der Waals surface area (Å²) in [5.41, 5.74) is 2.13. The quantitative estimate of drug-likeness (QED) is 0.797. The van der Waals surface area contributed by atoms with E-state index in [1.165, 1.54) is 0 Å². The van der Waals surface area contributed by atoms with Gasteiger partial charge in [0.05, 0.1) is 7.11 Å². The van der Waals surface area contributed by atoms with Crippen LogP contribution in [0.4, 0.5) is 0 Å². The first-order chi connectivity index (χ1) is 8.65.